The first kappa shape index (κ1) is 21.4. The maximum absolute atomic E-state index is 12.8. The Labute approximate surface area is 194 Å². The van der Waals surface area contributed by atoms with E-state index in [9.17, 15) is 9.90 Å². The third kappa shape index (κ3) is 4.39. The number of aliphatic hydroxyl groups is 1. The van der Waals surface area contributed by atoms with Crippen molar-refractivity contribution in [2.75, 3.05) is 30.8 Å². The molecule has 0 radical (unpaired) electrons. The van der Waals surface area contributed by atoms with Crippen molar-refractivity contribution in [1.82, 2.24) is 24.8 Å². The van der Waals surface area contributed by atoms with Gasteiger partial charge in [0.15, 0.2) is 5.13 Å². The Morgan fingerprint density at radius 2 is 2.03 bits per heavy atom. The van der Waals surface area contributed by atoms with Gasteiger partial charge in [-0.15, -0.1) is 0 Å². The van der Waals surface area contributed by atoms with Crippen molar-refractivity contribution in [2.45, 2.75) is 25.9 Å². The average Bonchev–Trinajstić information content (AvgIpc) is 3.42. The van der Waals surface area contributed by atoms with Crippen molar-refractivity contribution in [1.29, 1.82) is 0 Å². The second kappa shape index (κ2) is 8.80. The van der Waals surface area contributed by atoms with Gasteiger partial charge in [0, 0.05) is 42.9 Å². The van der Waals surface area contributed by atoms with Gasteiger partial charge in [-0.25, -0.2) is 15.0 Å². The lowest BCUT2D eigenvalue weighted by Crippen LogP contribution is -2.40. The highest BCUT2D eigenvalue weighted by Crippen LogP contribution is 2.32. The third-order valence-corrected chi connectivity index (χ3v) is 6.96. The number of piperidine rings is 1. The van der Waals surface area contributed by atoms with Gasteiger partial charge in [0.25, 0.3) is 5.91 Å². The number of aryl methyl sites for hydroxylation is 1. The lowest BCUT2D eigenvalue weighted by atomic mass is 10.1. The van der Waals surface area contributed by atoms with Gasteiger partial charge in [-0.3, -0.25) is 4.79 Å². The van der Waals surface area contributed by atoms with Crippen LogP contribution in [0.1, 0.15) is 29.0 Å². The summed E-state index contributed by atoms with van der Waals surface area (Å²) in [4.78, 5) is 32.3. The largest absolute Gasteiger partial charge is 0.393 e. The second-order valence-corrected chi connectivity index (χ2v) is 9.08. The maximum Gasteiger partial charge on any atom is 0.270 e. The number of fused-ring (bicyclic) bond motifs is 1. The van der Waals surface area contributed by atoms with Gasteiger partial charge < -0.3 is 25.6 Å². The Morgan fingerprint density at radius 1 is 1.21 bits per heavy atom. The molecule has 1 aromatic carbocycles. The Balaban J connectivity index is 1.35. The lowest BCUT2D eigenvalue weighted by Gasteiger charge is -2.29. The molecular formula is C23H25N7O2S. The van der Waals surface area contributed by atoms with E-state index in [0.29, 0.717) is 37.6 Å². The number of aliphatic hydroxyl groups excluding tert-OH is 1. The van der Waals surface area contributed by atoms with Crippen molar-refractivity contribution in [3.05, 3.63) is 47.9 Å². The zero-order valence-corrected chi connectivity index (χ0v) is 19.2. The van der Waals surface area contributed by atoms with Gasteiger partial charge in [-0.05, 0) is 50.1 Å². The van der Waals surface area contributed by atoms with Crippen molar-refractivity contribution in [2.24, 2.45) is 0 Å². The van der Waals surface area contributed by atoms with Gasteiger partial charge in [-0.1, -0.05) is 11.3 Å². The first-order valence-electron chi connectivity index (χ1n) is 10.9. The highest BCUT2D eigenvalue weighted by Gasteiger charge is 2.23. The van der Waals surface area contributed by atoms with Crippen LogP contribution in [0.2, 0.25) is 0 Å². The minimum absolute atomic E-state index is 0.0375. The number of nitrogens with zero attached hydrogens (tertiary/aromatic N) is 4. The van der Waals surface area contributed by atoms with Crippen LogP contribution in [0.15, 0.2) is 36.5 Å². The predicted octanol–water partition coefficient (Wildman–Crippen LogP) is 3.77. The molecule has 0 aliphatic carbocycles. The molecule has 10 heteroatoms. The zero-order chi connectivity index (χ0) is 22.9. The summed E-state index contributed by atoms with van der Waals surface area (Å²) in [6, 6.07) is 9.57. The van der Waals surface area contributed by atoms with Crippen LogP contribution < -0.4 is 10.6 Å². The van der Waals surface area contributed by atoms with Crippen LogP contribution >= 0.6 is 11.3 Å². The van der Waals surface area contributed by atoms with Crippen molar-refractivity contribution in [3.63, 3.8) is 0 Å². The minimum Gasteiger partial charge on any atom is -0.393 e. The molecule has 9 nitrogen and oxygen atoms in total. The molecule has 1 aliphatic rings. The summed E-state index contributed by atoms with van der Waals surface area (Å²) in [5.41, 5.74) is 4.00. The summed E-state index contributed by atoms with van der Waals surface area (Å²) < 4.78 is 0. The lowest BCUT2D eigenvalue weighted by molar-refractivity contribution is 0.0542. The maximum atomic E-state index is 12.8. The molecule has 4 heterocycles. The zero-order valence-electron chi connectivity index (χ0n) is 18.4. The fourth-order valence-electron chi connectivity index (χ4n) is 3.98. The number of carbonyl (C=O) groups excluding carboxylic acids is 1. The number of hydrogen-bond acceptors (Lipinski definition) is 8. The third-order valence-electron chi connectivity index (χ3n) is 5.76. The number of aromatic amines is 1. The van der Waals surface area contributed by atoms with Crippen LogP contribution in [-0.4, -0.2) is 62.1 Å². The van der Waals surface area contributed by atoms with Crippen LogP contribution in [0.5, 0.6) is 0 Å². The van der Waals surface area contributed by atoms with Crippen LogP contribution in [0, 0.1) is 6.92 Å². The normalized spacial score (nSPS) is 14.6. The number of amides is 1. The summed E-state index contributed by atoms with van der Waals surface area (Å²) in [6.45, 7) is 3.11. The highest BCUT2D eigenvalue weighted by atomic mass is 32.1. The molecule has 0 unspecified atom stereocenters. The quantitative estimate of drug-likeness (QED) is 0.356. The molecule has 170 valence electrons. The number of likely N-dealkylation sites (tertiary alicyclic amines) is 1. The Kier molecular flexibility index (Phi) is 5.69. The van der Waals surface area contributed by atoms with E-state index in [4.69, 9.17) is 0 Å². The smallest absolute Gasteiger partial charge is 0.270 e. The van der Waals surface area contributed by atoms with E-state index in [1.54, 1.807) is 22.4 Å². The number of rotatable bonds is 5. The van der Waals surface area contributed by atoms with E-state index in [-0.39, 0.29) is 12.0 Å². The Morgan fingerprint density at radius 3 is 2.79 bits per heavy atom. The van der Waals surface area contributed by atoms with E-state index in [2.05, 4.69) is 30.6 Å². The summed E-state index contributed by atoms with van der Waals surface area (Å²) >= 11 is 1.55. The van der Waals surface area contributed by atoms with E-state index < -0.39 is 0 Å². The molecule has 3 aromatic heterocycles. The predicted molar refractivity (Wildman–Crippen MR) is 130 cm³/mol. The summed E-state index contributed by atoms with van der Waals surface area (Å²) in [5, 5.41) is 17.8. The number of aromatic nitrogens is 4. The molecular weight excluding hydrogens is 438 g/mol. The van der Waals surface area contributed by atoms with Gasteiger partial charge in [0.1, 0.15) is 5.69 Å². The number of carbonyl (C=O) groups is 1. The van der Waals surface area contributed by atoms with Crippen molar-refractivity contribution >= 4 is 44.9 Å². The molecule has 4 aromatic rings. The average molecular weight is 464 g/mol. The number of benzene rings is 1. The molecule has 5 rings (SSSR count). The van der Waals surface area contributed by atoms with E-state index in [1.165, 1.54) is 0 Å². The number of anilines is 3. The molecule has 1 fully saturated rings. The van der Waals surface area contributed by atoms with Crippen LogP contribution in [0.4, 0.5) is 16.8 Å². The SMILES string of the molecule is CNc1nc(C)c(-c2ccnc(Nc3ccc4[nH]c(C(=O)N5CCC(O)CC5)cc4c3)n2)s1. The standard InChI is InChI=1S/C23H25N7O2S/c1-13-20(33-23(24-2)26-13)18-5-8-25-22(29-18)27-15-3-4-17-14(11-15)12-19(28-17)21(32)30-9-6-16(31)7-10-30/h3-5,8,11-12,16,28,31H,6-7,9-10H2,1-2H3,(H,24,26)(H,25,27,29). The van der Waals surface area contributed by atoms with Gasteiger partial charge in [0.05, 0.1) is 22.4 Å². The molecule has 0 spiro atoms. The Bertz CT molecular complexity index is 1310. The molecule has 0 bridgehead atoms. The highest BCUT2D eigenvalue weighted by molar-refractivity contribution is 7.19. The molecule has 4 N–H and O–H groups in total. The van der Waals surface area contributed by atoms with Crippen molar-refractivity contribution in [3.8, 4) is 10.6 Å². The molecule has 1 saturated heterocycles. The van der Waals surface area contributed by atoms with E-state index in [1.807, 2.05) is 44.3 Å². The number of H-pyrrole nitrogens is 1. The van der Waals surface area contributed by atoms with Gasteiger partial charge in [-0.2, -0.15) is 0 Å². The first-order chi connectivity index (χ1) is 16.0. The summed E-state index contributed by atoms with van der Waals surface area (Å²) in [7, 11) is 1.85. The van der Waals surface area contributed by atoms with Gasteiger partial charge >= 0.3 is 0 Å². The van der Waals surface area contributed by atoms with Crippen molar-refractivity contribution < 1.29 is 9.90 Å². The number of hydrogen-bond donors (Lipinski definition) is 4. The summed E-state index contributed by atoms with van der Waals surface area (Å²) in [5.74, 6) is 0.453. The van der Waals surface area contributed by atoms with Crippen LogP contribution in [0.3, 0.4) is 0 Å². The fraction of sp³-hybridized carbons (Fsp3) is 0.304. The molecule has 1 aliphatic heterocycles. The topological polar surface area (TPSA) is 119 Å². The molecule has 1 amide bonds. The van der Waals surface area contributed by atoms with Gasteiger partial charge in [0.2, 0.25) is 5.95 Å². The van der Waals surface area contributed by atoms with Crippen LogP contribution in [0.25, 0.3) is 21.5 Å². The van der Waals surface area contributed by atoms with E-state index >= 15 is 0 Å². The first-order valence-corrected chi connectivity index (χ1v) is 11.7. The number of nitrogens with one attached hydrogen (secondary N) is 3. The van der Waals surface area contributed by atoms with E-state index in [0.717, 1.165) is 38.0 Å². The summed E-state index contributed by atoms with van der Waals surface area (Å²) in [6.07, 6.45) is 2.66. The second-order valence-electron chi connectivity index (χ2n) is 8.08. The molecule has 0 atom stereocenters. The fourth-order valence-corrected chi connectivity index (χ4v) is 4.87. The molecule has 33 heavy (non-hydrogen) atoms. The Hall–Kier alpha value is -3.50. The molecule has 0 saturated carbocycles. The van der Waals surface area contributed by atoms with Crippen LogP contribution in [-0.2, 0) is 0 Å². The number of thiazole rings is 1. The minimum atomic E-state index is -0.309. The monoisotopic (exact) mass is 463 g/mol.